The molecule has 0 aromatic rings. The number of esters is 2. The van der Waals surface area contributed by atoms with Crippen molar-refractivity contribution in [2.75, 3.05) is 0 Å². The third-order valence-electron chi connectivity index (χ3n) is 2.97. The van der Waals surface area contributed by atoms with Gasteiger partial charge >= 0.3 is 23.9 Å². The Morgan fingerprint density at radius 3 is 1.87 bits per heavy atom. The molecule has 0 saturated heterocycles. The van der Waals surface area contributed by atoms with E-state index < -0.39 is 41.7 Å². The highest BCUT2D eigenvalue weighted by Gasteiger charge is 2.25. The molecule has 23 heavy (non-hydrogen) atoms. The molecule has 0 heterocycles. The molecular weight excluding hydrogens is 312 g/mol. The molecule has 0 aliphatic heterocycles. The Hall–Kier alpha value is -2.49. The molecular formula is C13H20N2O8. The molecule has 1 atom stereocenters. The standard InChI is InChI=1S/C13H20N2O8/c14-8(11(15)18)5-6-10(17)23-9(16)4-2-1-3-7(12(19)20)13(21)22/h7-8H,1-6,14H2,(H2,15,18)(H,19,20)(H,21,22)/t8-/m0/s1. The summed E-state index contributed by atoms with van der Waals surface area (Å²) in [6.07, 6.45) is -0.196. The average Bonchev–Trinajstić information content (AvgIpc) is 2.43. The second-order valence-corrected chi connectivity index (χ2v) is 4.87. The van der Waals surface area contributed by atoms with E-state index >= 15 is 0 Å². The number of hydrogen-bond acceptors (Lipinski definition) is 7. The first kappa shape index (κ1) is 20.5. The van der Waals surface area contributed by atoms with Crippen molar-refractivity contribution in [1.82, 2.24) is 0 Å². The summed E-state index contributed by atoms with van der Waals surface area (Å²) in [5.41, 5.74) is 10.2. The molecule has 10 heteroatoms. The van der Waals surface area contributed by atoms with E-state index in [2.05, 4.69) is 4.74 Å². The molecule has 0 aromatic carbocycles. The first-order valence-corrected chi connectivity index (χ1v) is 6.89. The molecule has 0 aliphatic carbocycles. The van der Waals surface area contributed by atoms with E-state index in [9.17, 15) is 24.0 Å². The minimum absolute atomic E-state index is 0.0413. The molecule has 0 fully saturated rings. The molecule has 0 saturated carbocycles. The Bertz CT molecular complexity index is 463. The summed E-state index contributed by atoms with van der Waals surface area (Å²) < 4.78 is 4.46. The number of amides is 1. The van der Waals surface area contributed by atoms with Gasteiger partial charge in [0.2, 0.25) is 5.91 Å². The summed E-state index contributed by atoms with van der Waals surface area (Å²) in [6.45, 7) is 0. The van der Waals surface area contributed by atoms with E-state index in [1.165, 1.54) is 0 Å². The molecule has 0 aliphatic rings. The monoisotopic (exact) mass is 332 g/mol. The van der Waals surface area contributed by atoms with Crippen molar-refractivity contribution in [3.05, 3.63) is 0 Å². The summed E-state index contributed by atoms with van der Waals surface area (Å²) in [7, 11) is 0. The summed E-state index contributed by atoms with van der Waals surface area (Å²) in [6, 6.07) is -0.998. The highest BCUT2D eigenvalue weighted by molar-refractivity contribution is 5.92. The largest absolute Gasteiger partial charge is 0.481 e. The molecule has 0 unspecified atom stereocenters. The number of carboxylic acids is 2. The molecule has 130 valence electrons. The van der Waals surface area contributed by atoms with Crippen LogP contribution in [0.4, 0.5) is 0 Å². The van der Waals surface area contributed by atoms with Gasteiger partial charge in [-0.05, 0) is 19.3 Å². The summed E-state index contributed by atoms with van der Waals surface area (Å²) in [5.74, 6) is -6.84. The number of nitrogens with two attached hydrogens (primary N) is 2. The van der Waals surface area contributed by atoms with Crippen molar-refractivity contribution in [2.45, 2.75) is 44.6 Å². The van der Waals surface area contributed by atoms with E-state index in [0.29, 0.717) is 0 Å². The van der Waals surface area contributed by atoms with Crippen molar-refractivity contribution in [3.8, 4) is 0 Å². The van der Waals surface area contributed by atoms with Crippen molar-refractivity contribution >= 4 is 29.8 Å². The number of carbonyl (C=O) groups excluding carboxylic acids is 3. The lowest BCUT2D eigenvalue weighted by Gasteiger charge is -2.07. The Morgan fingerprint density at radius 2 is 1.39 bits per heavy atom. The van der Waals surface area contributed by atoms with Crippen LogP contribution in [-0.2, 0) is 28.7 Å². The van der Waals surface area contributed by atoms with Crippen LogP contribution in [-0.4, -0.2) is 46.0 Å². The van der Waals surface area contributed by atoms with Crippen LogP contribution in [0.3, 0.4) is 0 Å². The van der Waals surface area contributed by atoms with E-state index in [0.717, 1.165) is 0 Å². The van der Waals surface area contributed by atoms with Gasteiger partial charge in [0.05, 0.1) is 6.04 Å². The molecule has 0 rings (SSSR count). The number of carboxylic acid groups (broad SMARTS) is 2. The molecule has 10 nitrogen and oxygen atoms in total. The van der Waals surface area contributed by atoms with E-state index in [4.69, 9.17) is 21.7 Å². The number of aliphatic carboxylic acids is 2. The van der Waals surface area contributed by atoms with Crippen LogP contribution >= 0.6 is 0 Å². The van der Waals surface area contributed by atoms with Crippen LogP contribution in [0.25, 0.3) is 0 Å². The average molecular weight is 332 g/mol. The van der Waals surface area contributed by atoms with Gasteiger partial charge < -0.3 is 26.4 Å². The predicted molar refractivity (Wildman–Crippen MR) is 74.7 cm³/mol. The smallest absolute Gasteiger partial charge is 0.317 e. The normalized spacial score (nSPS) is 11.7. The van der Waals surface area contributed by atoms with E-state index in [1.54, 1.807) is 0 Å². The maximum Gasteiger partial charge on any atom is 0.317 e. The van der Waals surface area contributed by atoms with Crippen LogP contribution in [0.2, 0.25) is 0 Å². The fraction of sp³-hybridized carbons (Fsp3) is 0.615. The predicted octanol–water partition coefficient (Wildman–Crippen LogP) is -1.01. The minimum Gasteiger partial charge on any atom is -0.481 e. The van der Waals surface area contributed by atoms with Crippen LogP contribution in [0.5, 0.6) is 0 Å². The van der Waals surface area contributed by atoms with Crippen molar-refractivity contribution < 1.29 is 38.9 Å². The number of ether oxygens (including phenoxy) is 1. The van der Waals surface area contributed by atoms with Gasteiger partial charge in [0, 0.05) is 12.8 Å². The number of primary amides is 1. The maximum atomic E-state index is 11.3. The van der Waals surface area contributed by atoms with Gasteiger partial charge in [0.15, 0.2) is 5.92 Å². The van der Waals surface area contributed by atoms with Gasteiger partial charge in [-0.15, -0.1) is 0 Å². The second kappa shape index (κ2) is 10.3. The molecule has 1 amide bonds. The third kappa shape index (κ3) is 9.19. The lowest BCUT2D eigenvalue weighted by Crippen LogP contribution is -2.36. The number of carbonyl (C=O) groups is 5. The highest BCUT2D eigenvalue weighted by atomic mass is 16.6. The van der Waals surface area contributed by atoms with Crippen LogP contribution in [0, 0.1) is 5.92 Å². The second-order valence-electron chi connectivity index (χ2n) is 4.87. The SMILES string of the molecule is NC(=O)[C@@H](N)CCC(=O)OC(=O)CCCCC(C(=O)O)C(=O)O. The molecule has 0 bridgehead atoms. The van der Waals surface area contributed by atoms with Crippen LogP contribution in [0.1, 0.15) is 38.5 Å². The number of rotatable bonds is 11. The van der Waals surface area contributed by atoms with E-state index in [1.807, 2.05) is 0 Å². The third-order valence-corrected chi connectivity index (χ3v) is 2.97. The zero-order valence-electron chi connectivity index (χ0n) is 12.4. The maximum absolute atomic E-state index is 11.3. The van der Waals surface area contributed by atoms with Crippen molar-refractivity contribution in [2.24, 2.45) is 17.4 Å². The van der Waals surface area contributed by atoms with Gasteiger partial charge in [0.25, 0.3) is 0 Å². The summed E-state index contributed by atoms with van der Waals surface area (Å²) in [4.78, 5) is 54.6. The van der Waals surface area contributed by atoms with Gasteiger partial charge in [-0.2, -0.15) is 0 Å². The van der Waals surface area contributed by atoms with Crippen molar-refractivity contribution in [1.29, 1.82) is 0 Å². The molecule has 0 aromatic heterocycles. The van der Waals surface area contributed by atoms with Gasteiger partial charge in [-0.25, -0.2) is 0 Å². The molecule has 0 spiro atoms. The zero-order valence-corrected chi connectivity index (χ0v) is 12.4. The van der Waals surface area contributed by atoms with Crippen molar-refractivity contribution in [3.63, 3.8) is 0 Å². The minimum atomic E-state index is -1.53. The first-order valence-electron chi connectivity index (χ1n) is 6.89. The Labute approximate surface area is 131 Å². The molecule has 0 radical (unpaired) electrons. The fourth-order valence-corrected chi connectivity index (χ4v) is 1.62. The number of unbranched alkanes of at least 4 members (excludes halogenated alkanes) is 1. The fourth-order valence-electron chi connectivity index (χ4n) is 1.62. The summed E-state index contributed by atoms with van der Waals surface area (Å²) in [5, 5.41) is 17.3. The van der Waals surface area contributed by atoms with Crippen LogP contribution in [0.15, 0.2) is 0 Å². The van der Waals surface area contributed by atoms with Gasteiger partial charge in [-0.3, -0.25) is 24.0 Å². The number of hydrogen-bond donors (Lipinski definition) is 4. The zero-order chi connectivity index (χ0) is 18.0. The lowest BCUT2D eigenvalue weighted by molar-refractivity contribution is -0.160. The summed E-state index contributed by atoms with van der Waals surface area (Å²) >= 11 is 0. The molecule has 6 N–H and O–H groups in total. The Morgan fingerprint density at radius 1 is 0.870 bits per heavy atom. The van der Waals surface area contributed by atoms with Crippen LogP contribution < -0.4 is 11.5 Å². The van der Waals surface area contributed by atoms with Gasteiger partial charge in [-0.1, -0.05) is 6.42 Å². The first-order chi connectivity index (χ1) is 10.6. The Balaban J connectivity index is 3.94. The quantitative estimate of drug-likeness (QED) is 0.209. The van der Waals surface area contributed by atoms with Gasteiger partial charge in [0.1, 0.15) is 0 Å². The highest BCUT2D eigenvalue weighted by Crippen LogP contribution is 2.11. The topological polar surface area (TPSA) is 187 Å². The Kier molecular flexibility index (Phi) is 9.16. The lowest BCUT2D eigenvalue weighted by atomic mass is 10.0. The van der Waals surface area contributed by atoms with E-state index in [-0.39, 0.29) is 38.5 Å².